The summed E-state index contributed by atoms with van der Waals surface area (Å²) in [6.45, 7) is 2.92. The molecule has 1 aromatic rings. The molecule has 0 spiro atoms. The summed E-state index contributed by atoms with van der Waals surface area (Å²) in [5.41, 5.74) is 2.33. The van der Waals surface area contributed by atoms with Crippen LogP contribution in [-0.4, -0.2) is 47.7 Å². The Hall–Kier alpha value is -1.88. The van der Waals surface area contributed by atoms with E-state index in [1.165, 1.54) is 5.56 Å². The first-order valence-electron chi connectivity index (χ1n) is 6.74. The predicted octanol–water partition coefficient (Wildman–Crippen LogP) is 1.24. The van der Waals surface area contributed by atoms with Gasteiger partial charge >= 0.3 is 5.97 Å². The lowest BCUT2D eigenvalue weighted by Crippen LogP contribution is -2.48. The number of carboxylic acid groups (broad SMARTS) is 1. The first kappa shape index (κ1) is 14.5. The molecule has 1 heterocycles. The van der Waals surface area contributed by atoms with Gasteiger partial charge in [0, 0.05) is 13.0 Å². The number of benzene rings is 1. The van der Waals surface area contributed by atoms with Gasteiger partial charge in [-0.1, -0.05) is 24.3 Å². The summed E-state index contributed by atoms with van der Waals surface area (Å²) < 4.78 is 5.11. The predicted molar refractivity (Wildman–Crippen MR) is 73.5 cm³/mol. The van der Waals surface area contributed by atoms with Crippen LogP contribution in [0.15, 0.2) is 24.3 Å². The quantitative estimate of drug-likeness (QED) is 0.899. The molecule has 1 aromatic carbocycles. The average Bonchev–Trinajstić information content (AvgIpc) is 2.46. The van der Waals surface area contributed by atoms with Crippen LogP contribution >= 0.6 is 0 Å². The zero-order valence-electron chi connectivity index (χ0n) is 11.5. The first-order chi connectivity index (χ1) is 9.58. The van der Waals surface area contributed by atoms with Crippen molar-refractivity contribution in [2.75, 3.05) is 19.7 Å². The summed E-state index contributed by atoms with van der Waals surface area (Å²) >= 11 is 0. The number of amides is 1. The number of aryl methyl sites for hydroxylation is 2. The average molecular weight is 277 g/mol. The molecule has 1 fully saturated rings. The molecule has 108 valence electrons. The summed E-state index contributed by atoms with van der Waals surface area (Å²) in [6, 6.07) is 7.97. The molecule has 2 rings (SSSR count). The minimum Gasteiger partial charge on any atom is -0.479 e. The largest absolute Gasteiger partial charge is 0.479 e. The van der Waals surface area contributed by atoms with E-state index >= 15 is 0 Å². The lowest BCUT2D eigenvalue weighted by atomic mass is 10.0. The number of aliphatic carboxylic acids is 1. The maximum atomic E-state index is 12.1. The Morgan fingerprint density at radius 3 is 2.85 bits per heavy atom. The molecule has 1 amide bonds. The Morgan fingerprint density at radius 1 is 1.40 bits per heavy atom. The van der Waals surface area contributed by atoms with E-state index in [1.807, 2.05) is 31.2 Å². The van der Waals surface area contributed by atoms with Gasteiger partial charge in [-0.05, 0) is 24.5 Å². The van der Waals surface area contributed by atoms with Gasteiger partial charge in [-0.25, -0.2) is 4.79 Å². The molecule has 1 atom stereocenters. The molecule has 1 aliphatic heterocycles. The van der Waals surface area contributed by atoms with Crippen LogP contribution in [0.25, 0.3) is 0 Å². The number of hydrogen-bond donors (Lipinski definition) is 1. The molecule has 0 radical (unpaired) electrons. The van der Waals surface area contributed by atoms with Crippen LogP contribution in [0.5, 0.6) is 0 Å². The van der Waals surface area contributed by atoms with Crippen LogP contribution in [0.3, 0.4) is 0 Å². The molecule has 0 saturated carbocycles. The summed E-state index contributed by atoms with van der Waals surface area (Å²) in [5, 5.41) is 8.92. The van der Waals surface area contributed by atoms with Gasteiger partial charge in [0.2, 0.25) is 5.91 Å². The first-order valence-corrected chi connectivity index (χ1v) is 6.74. The van der Waals surface area contributed by atoms with E-state index in [0.29, 0.717) is 19.4 Å². The van der Waals surface area contributed by atoms with Gasteiger partial charge in [-0.15, -0.1) is 0 Å². The molecule has 0 aliphatic carbocycles. The van der Waals surface area contributed by atoms with Crippen LogP contribution in [0, 0.1) is 6.92 Å². The molecule has 5 nitrogen and oxygen atoms in total. The third kappa shape index (κ3) is 3.57. The Morgan fingerprint density at radius 2 is 2.15 bits per heavy atom. The van der Waals surface area contributed by atoms with Crippen molar-refractivity contribution in [1.82, 2.24) is 4.90 Å². The molecule has 1 aliphatic rings. The summed E-state index contributed by atoms with van der Waals surface area (Å²) in [6.07, 6.45) is 0.184. The van der Waals surface area contributed by atoms with Crippen molar-refractivity contribution in [3.63, 3.8) is 0 Å². The number of ether oxygens (including phenoxy) is 1. The maximum Gasteiger partial charge on any atom is 0.334 e. The maximum absolute atomic E-state index is 12.1. The van der Waals surface area contributed by atoms with Crippen molar-refractivity contribution in [2.24, 2.45) is 0 Å². The highest BCUT2D eigenvalue weighted by atomic mass is 16.5. The van der Waals surface area contributed by atoms with Gasteiger partial charge in [0.25, 0.3) is 0 Å². The molecular formula is C15H19NO4. The fraction of sp³-hybridized carbons (Fsp3) is 0.467. The normalized spacial score (nSPS) is 18.9. The van der Waals surface area contributed by atoms with E-state index < -0.39 is 12.1 Å². The second-order valence-corrected chi connectivity index (χ2v) is 4.96. The molecular weight excluding hydrogens is 258 g/mol. The lowest BCUT2D eigenvalue weighted by Gasteiger charge is -2.31. The molecule has 1 saturated heterocycles. The van der Waals surface area contributed by atoms with Crippen LogP contribution < -0.4 is 0 Å². The van der Waals surface area contributed by atoms with Gasteiger partial charge in [0.05, 0.1) is 13.2 Å². The van der Waals surface area contributed by atoms with E-state index in [-0.39, 0.29) is 19.1 Å². The van der Waals surface area contributed by atoms with Crippen LogP contribution in [0.2, 0.25) is 0 Å². The summed E-state index contributed by atoms with van der Waals surface area (Å²) in [4.78, 5) is 24.6. The number of hydrogen-bond acceptors (Lipinski definition) is 3. The second kappa shape index (κ2) is 6.52. The highest BCUT2D eigenvalue weighted by Gasteiger charge is 2.28. The zero-order valence-corrected chi connectivity index (χ0v) is 11.5. The highest BCUT2D eigenvalue weighted by molar-refractivity contribution is 5.78. The minimum absolute atomic E-state index is 0.0113. The molecule has 20 heavy (non-hydrogen) atoms. The standard InChI is InChI=1S/C15H19NO4/c1-11-4-2-3-5-12(11)6-7-14(17)16-8-9-20-13(10-16)15(18)19/h2-5,13H,6-10H2,1H3,(H,18,19). The fourth-order valence-electron chi connectivity index (χ4n) is 2.32. The minimum atomic E-state index is -1.01. The molecule has 0 aromatic heterocycles. The topological polar surface area (TPSA) is 66.8 Å². The van der Waals surface area contributed by atoms with E-state index in [9.17, 15) is 9.59 Å². The van der Waals surface area contributed by atoms with Crippen LogP contribution in [-0.2, 0) is 20.7 Å². The van der Waals surface area contributed by atoms with Crippen molar-refractivity contribution in [3.8, 4) is 0 Å². The Kier molecular flexibility index (Phi) is 4.74. The van der Waals surface area contributed by atoms with Crippen molar-refractivity contribution in [2.45, 2.75) is 25.9 Å². The van der Waals surface area contributed by atoms with Crippen molar-refractivity contribution >= 4 is 11.9 Å². The molecule has 1 N–H and O–H groups in total. The highest BCUT2D eigenvalue weighted by Crippen LogP contribution is 2.12. The van der Waals surface area contributed by atoms with Gasteiger partial charge in [-0.2, -0.15) is 0 Å². The zero-order chi connectivity index (χ0) is 14.5. The number of carboxylic acids is 1. The Labute approximate surface area is 118 Å². The van der Waals surface area contributed by atoms with Gasteiger partial charge in [0.1, 0.15) is 0 Å². The lowest BCUT2D eigenvalue weighted by molar-refractivity contribution is -0.159. The number of morpholine rings is 1. The number of nitrogens with zero attached hydrogens (tertiary/aromatic N) is 1. The van der Waals surface area contributed by atoms with Gasteiger partial charge in [0.15, 0.2) is 6.10 Å². The monoisotopic (exact) mass is 277 g/mol. The third-order valence-electron chi connectivity index (χ3n) is 3.56. The van der Waals surface area contributed by atoms with E-state index in [2.05, 4.69) is 0 Å². The van der Waals surface area contributed by atoms with Gasteiger partial charge < -0.3 is 14.7 Å². The van der Waals surface area contributed by atoms with Crippen molar-refractivity contribution in [1.29, 1.82) is 0 Å². The number of carbonyl (C=O) groups is 2. The molecule has 0 bridgehead atoms. The van der Waals surface area contributed by atoms with E-state index in [0.717, 1.165) is 5.56 Å². The SMILES string of the molecule is Cc1ccccc1CCC(=O)N1CCOC(C(=O)O)C1. The fourth-order valence-corrected chi connectivity index (χ4v) is 2.32. The van der Waals surface area contributed by atoms with Crippen LogP contribution in [0.4, 0.5) is 0 Å². The van der Waals surface area contributed by atoms with Crippen molar-refractivity contribution < 1.29 is 19.4 Å². The molecule has 1 unspecified atom stereocenters. The van der Waals surface area contributed by atoms with E-state index in [4.69, 9.17) is 9.84 Å². The summed E-state index contributed by atoms with van der Waals surface area (Å²) in [7, 11) is 0. The summed E-state index contributed by atoms with van der Waals surface area (Å²) in [5.74, 6) is -1.02. The number of carbonyl (C=O) groups excluding carboxylic acids is 1. The van der Waals surface area contributed by atoms with Crippen molar-refractivity contribution in [3.05, 3.63) is 35.4 Å². The van der Waals surface area contributed by atoms with Gasteiger partial charge in [-0.3, -0.25) is 4.79 Å². The van der Waals surface area contributed by atoms with E-state index in [1.54, 1.807) is 4.90 Å². The second-order valence-electron chi connectivity index (χ2n) is 4.96. The third-order valence-corrected chi connectivity index (χ3v) is 3.56. The Bertz CT molecular complexity index is 500. The van der Waals surface area contributed by atoms with Crippen LogP contribution in [0.1, 0.15) is 17.5 Å². The number of rotatable bonds is 4. The molecule has 5 heteroatoms. The Balaban J connectivity index is 1.89. The smallest absolute Gasteiger partial charge is 0.334 e.